The first-order valence-corrected chi connectivity index (χ1v) is 12.6. The van der Waals surface area contributed by atoms with Crippen molar-refractivity contribution in [3.63, 3.8) is 0 Å². The zero-order chi connectivity index (χ0) is 22.4. The van der Waals surface area contributed by atoms with E-state index in [4.69, 9.17) is 5.11 Å². The van der Waals surface area contributed by atoms with E-state index < -0.39 is 11.6 Å². The lowest BCUT2D eigenvalue weighted by molar-refractivity contribution is -0.137. The van der Waals surface area contributed by atoms with E-state index in [2.05, 4.69) is 26.8 Å². The maximum Gasteiger partial charge on any atom is 0.303 e. The van der Waals surface area contributed by atoms with Gasteiger partial charge in [-0.2, -0.15) is 0 Å². The summed E-state index contributed by atoms with van der Waals surface area (Å²) in [4.78, 5) is 10.6. The molecule has 2 unspecified atom stereocenters. The van der Waals surface area contributed by atoms with E-state index in [9.17, 15) is 15.0 Å². The SMILES string of the molecule is CCCCCC(O)(CC=C1CC[C@@H](O)[C@@H]1CCCCCCC(=O)O)C(C)CCCC. The fraction of sp³-hybridized carbons (Fsp3) is 0.885. The lowest BCUT2D eigenvalue weighted by Crippen LogP contribution is -2.36. The maximum atomic E-state index is 11.5. The molecular weight excluding hydrogens is 376 g/mol. The number of hydrogen-bond donors (Lipinski definition) is 3. The first-order valence-electron chi connectivity index (χ1n) is 12.6. The van der Waals surface area contributed by atoms with Crippen molar-refractivity contribution in [3.8, 4) is 0 Å². The minimum atomic E-state index is -0.717. The molecule has 0 saturated heterocycles. The molecule has 0 aliphatic heterocycles. The molecule has 1 saturated carbocycles. The molecule has 1 rings (SSSR count). The van der Waals surface area contributed by atoms with Crippen molar-refractivity contribution in [3.05, 3.63) is 11.6 Å². The Morgan fingerprint density at radius 1 is 1.10 bits per heavy atom. The zero-order valence-corrected chi connectivity index (χ0v) is 19.9. The van der Waals surface area contributed by atoms with Crippen molar-refractivity contribution in [1.82, 2.24) is 0 Å². The first-order chi connectivity index (χ1) is 14.3. The summed E-state index contributed by atoms with van der Waals surface area (Å²) >= 11 is 0. The molecule has 176 valence electrons. The number of unbranched alkanes of at least 4 members (excludes halogenated alkanes) is 6. The average Bonchev–Trinajstić information content (AvgIpc) is 3.06. The highest BCUT2D eigenvalue weighted by molar-refractivity contribution is 5.66. The van der Waals surface area contributed by atoms with Crippen LogP contribution in [-0.2, 0) is 4.79 Å². The van der Waals surface area contributed by atoms with Gasteiger partial charge >= 0.3 is 5.97 Å². The Morgan fingerprint density at radius 2 is 1.80 bits per heavy atom. The fourth-order valence-electron chi connectivity index (χ4n) is 4.89. The van der Waals surface area contributed by atoms with E-state index >= 15 is 0 Å². The lowest BCUT2D eigenvalue weighted by atomic mass is 9.78. The number of rotatable bonds is 17. The predicted molar refractivity (Wildman–Crippen MR) is 125 cm³/mol. The highest BCUT2D eigenvalue weighted by Gasteiger charge is 2.34. The molecule has 0 aromatic rings. The van der Waals surface area contributed by atoms with Gasteiger partial charge in [-0.1, -0.05) is 83.8 Å². The third-order valence-electron chi connectivity index (χ3n) is 7.16. The number of hydrogen-bond acceptors (Lipinski definition) is 3. The maximum absolute atomic E-state index is 11.5. The van der Waals surface area contributed by atoms with Gasteiger partial charge in [-0.25, -0.2) is 0 Å². The summed E-state index contributed by atoms with van der Waals surface area (Å²) in [6.07, 6.45) is 17.1. The molecule has 4 nitrogen and oxygen atoms in total. The number of carboxylic acid groups (broad SMARTS) is 1. The van der Waals surface area contributed by atoms with Gasteiger partial charge in [0, 0.05) is 12.3 Å². The van der Waals surface area contributed by atoms with E-state index in [0.717, 1.165) is 77.0 Å². The molecule has 0 aromatic heterocycles. The Hall–Kier alpha value is -0.870. The van der Waals surface area contributed by atoms with E-state index in [1.54, 1.807) is 0 Å². The average molecular weight is 425 g/mol. The normalized spacial score (nSPS) is 23.6. The molecule has 4 atom stereocenters. The van der Waals surface area contributed by atoms with Crippen LogP contribution in [0.15, 0.2) is 11.6 Å². The van der Waals surface area contributed by atoms with Crippen LogP contribution in [-0.4, -0.2) is 33.0 Å². The third-order valence-corrected chi connectivity index (χ3v) is 7.16. The minimum absolute atomic E-state index is 0.218. The second-order valence-electron chi connectivity index (χ2n) is 9.65. The molecule has 4 heteroatoms. The molecule has 0 heterocycles. The minimum Gasteiger partial charge on any atom is -0.481 e. The Labute approximate surface area is 185 Å². The Kier molecular flexibility index (Phi) is 13.6. The largest absolute Gasteiger partial charge is 0.481 e. The van der Waals surface area contributed by atoms with Gasteiger partial charge in [-0.15, -0.1) is 0 Å². The van der Waals surface area contributed by atoms with Gasteiger partial charge in [-0.05, 0) is 50.9 Å². The van der Waals surface area contributed by atoms with Gasteiger partial charge in [0.2, 0.25) is 0 Å². The Balaban J connectivity index is 2.64. The van der Waals surface area contributed by atoms with Crippen LogP contribution in [0.1, 0.15) is 124 Å². The predicted octanol–water partition coefficient (Wildman–Crippen LogP) is 6.64. The fourth-order valence-corrected chi connectivity index (χ4v) is 4.89. The van der Waals surface area contributed by atoms with Gasteiger partial charge < -0.3 is 15.3 Å². The van der Waals surface area contributed by atoms with Crippen LogP contribution >= 0.6 is 0 Å². The number of carboxylic acids is 1. The Bertz CT molecular complexity index is 501. The molecule has 3 N–H and O–H groups in total. The van der Waals surface area contributed by atoms with Crippen molar-refractivity contribution >= 4 is 5.97 Å². The van der Waals surface area contributed by atoms with Crippen molar-refractivity contribution in [2.75, 3.05) is 0 Å². The number of carbonyl (C=O) groups is 1. The summed E-state index contributed by atoms with van der Waals surface area (Å²) in [5.74, 6) is -0.202. The molecular formula is C26H48O4. The molecule has 1 fully saturated rings. The van der Waals surface area contributed by atoms with Gasteiger partial charge in [0.15, 0.2) is 0 Å². The van der Waals surface area contributed by atoms with Gasteiger partial charge in [0.1, 0.15) is 0 Å². The lowest BCUT2D eigenvalue weighted by Gasteiger charge is -2.34. The summed E-state index contributed by atoms with van der Waals surface area (Å²) in [7, 11) is 0. The smallest absolute Gasteiger partial charge is 0.303 e. The highest BCUT2D eigenvalue weighted by atomic mass is 16.4. The number of aliphatic hydroxyl groups is 2. The Morgan fingerprint density at radius 3 is 2.47 bits per heavy atom. The molecule has 0 radical (unpaired) electrons. The topological polar surface area (TPSA) is 77.8 Å². The second kappa shape index (κ2) is 15.0. The van der Waals surface area contributed by atoms with Crippen LogP contribution in [0.4, 0.5) is 0 Å². The van der Waals surface area contributed by atoms with Gasteiger partial charge in [-0.3, -0.25) is 4.79 Å². The van der Waals surface area contributed by atoms with Crippen LogP contribution in [0.25, 0.3) is 0 Å². The molecule has 0 spiro atoms. The van der Waals surface area contributed by atoms with Crippen molar-refractivity contribution in [2.45, 2.75) is 135 Å². The first kappa shape index (κ1) is 27.2. The summed E-state index contributed by atoms with van der Waals surface area (Å²) in [5, 5.41) is 30.7. The zero-order valence-electron chi connectivity index (χ0n) is 19.9. The number of aliphatic carboxylic acids is 1. The molecule has 1 aliphatic rings. The van der Waals surface area contributed by atoms with Crippen LogP contribution in [0.3, 0.4) is 0 Å². The summed E-state index contributed by atoms with van der Waals surface area (Å²) in [5.41, 5.74) is 0.705. The standard InChI is InChI=1S/C26H48O4/c1-4-6-12-19-26(30,21(3)13-7-5-2)20-18-22-16-17-24(27)23(22)14-10-8-9-11-15-25(28)29/h18,21,23-24,27,30H,4-17,19-20H2,1-3H3,(H,28,29)/t21?,23-,24-,26?/m1/s1. The van der Waals surface area contributed by atoms with Crippen LogP contribution < -0.4 is 0 Å². The molecule has 0 aromatic carbocycles. The van der Waals surface area contributed by atoms with Crippen molar-refractivity contribution < 1.29 is 20.1 Å². The van der Waals surface area contributed by atoms with Crippen LogP contribution in [0, 0.1) is 11.8 Å². The molecule has 0 amide bonds. The highest BCUT2D eigenvalue weighted by Crippen LogP contribution is 2.38. The quantitative estimate of drug-likeness (QED) is 0.181. The van der Waals surface area contributed by atoms with Crippen molar-refractivity contribution in [2.24, 2.45) is 11.8 Å². The summed E-state index contributed by atoms with van der Waals surface area (Å²) in [6.45, 7) is 6.61. The van der Waals surface area contributed by atoms with Crippen LogP contribution in [0.2, 0.25) is 0 Å². The van der Waals surface area contributed by atoms with Crippen LogP contribution in [0.5, 0.6) is 0 Å². The van der Waals surface area contributed by atoms with E-state index in [1.165, 1.54) is 18.4 Å². The van der Waals surface area contributed by atoms with E-state index in [1.807, 2.05) is 0 Å². The van der Waals surface area contributed by atoms with Crippen molar-refractivity contribution in [1.29, 1.82) is 0 Å². The molecule has 30 heavy (non-hydrogen) atoms. The third kappa shape index (κ3) is 9.96. The van der Waals surface area contributed by atoms with E-state index in [0.29, 0.717) is 12.3 Å². The van der Waals surface area contributed by atoms with E-state index in [-0.39, 0.29) is 18.4 Å². The summed E-state index contributed by atoms with van der Waals surface area (Å²) < 4.78 is 0. The monoisotopic (exact) mass is 424 g/mol. The second-order valence-corrected chi connectivity index (χ2v) is 9.65. The van der Waals surface area contributed by atoms with Gasteiger partial charge in [0.05, 0.1) is 11.7 Å². The number of aliphatic hydroxyl groups excluding tert-OH is 1. The molecule has 1 aliphatic carbocycles. The summed E-state index contributed by atoms with van der Waals surface area (Å²) in [6, 6.07) is 0. The molecule has 0 bridgehead atoms. The van der Waals surface area contributed by atoms with Gasteiger partial charge in [0.25, 0.3) is 0 Å².